The first kappa shape index (κ1) is 25.5. The molecule has 2 heterocycles. The van der Waals surface area contributed by atoms with Gasteiger partial charge in [-0.2, -0.15) is 0 Å². The second-order valence-electron chi connectivity index (χ2n) is 12.6. The largest absolute Gasteiger partial charge is 0.344 e. The van der Waals surface area contributed by atoms with Crippen LogP contribution in [0.1, 0.15) is 0 Å². The second kappa shape index (κ2) is 9.32. The highest BCUT2D eigenvalue weighted by atomic mass is 14.9. The van der Waals surface area contributed by atoms with Gasteiger partial charge in [0.2, 0.25) is 0 Å². The Hall–Kier alpha value is -5.86. The molecule has 0 radical (unpaired) electrons. The molecule has 0 aliphatic heterocycles. The molecule has 46 heavy (non-hydrogen) atoms. The minimum absolute atomic E-state index is 1.25. The van der Waals surface area contributed by atoms with Crippen LogP contribution in [0.2, 0.25) is 0 Å². The van der Waals surface area contributed by atoms with Gasteiger partial charge >= 0.3 is 0 Å². The molecule has 2 aromatic heterocycles. The van der Waals surface area contributed by atoms with E-state index < -0.39 is 0 Å². The Kier molecular flexibility index (Phi) is 5.16. The molecule has 0 amide bonds. The lowest BCUT2D eigenvalue weighted by molar-refractivity contribution is 1.01. The van der Waals surface area contributed by atoms with Crippen molar-refractivity contribution < 1.29 is 0 Å². The van der Waals surface area contributed by atoms with Crippen molar-refractivity contribution in [1.82, 2.24) is 9.13 Å². The molecule has 0 N–H and O–H groups in total. The lowest BCUT2D eigenvalue weighted by atomic mass is 9.95. The monoisotopic (exact) mass is 586 g/mol. The average Bonchev–Trinajstić information content (AvgIpc) is 3.57. The third-order valence-corrected chi connectivity index (χ3v) is 10.3. The van der Waals surface area contributed by atoms with Crippen LogP contribution in [0.5, 0.6) is 0 Å². The van der Waals surface area contributed by atoms with E-state index >= 15 is 0 Å². The van der Waals surface area contributed by atoms with Gasteiger partial charge in [-0.15, -0.1) is 0 Å². The van der Waals surface area contributed by atoms with Crippen molar-refractivity contribution >= 4 is 75.9 Å². The number of benzene rings is 8. The summed E-state index contributed by atoms with van der Waals surface area (Å²) in [5.74, 6) is 0. The van der Waals surface area contributed by atoms with Gasteiger partial charge in [-0.1, -0.05) is 121 Å². The van der Waals surface area contributed by atoms with Gasteiger partial charge in [-0.3, -0.25) is 0 Å². The highest BCUT2D eigenvalue weighted by Crippen LogP contribution is 2.42. The van der Waals surface area contributed by atoms with Crippen LogP contribution in [0.25, 0.3) is 98.2 Å². The van der Waals surface area contributed by atoms with Crippen molar-refractivity contribution in [3.8, 4) is 22.3 Å². The fourth-order valence-electron chi connectivity index (χ4n) is 8.10. The van der Waals surface area contributed by atoms with Crippen LogP contribution in [0.15, 0.2) is 146 Å². The first-order valence-corrected chi connectivity index (χ1v) is 16.0. The summed E-state index contributed by atoms with van der Waals surface area (Å²) in [7, 11) is 4.41. The smallest absolute Gasteiger partial charge is 0.0495 e. The lowest BCUT2D eigenvalue weighted by Crippen LogP contribution is -1.88. The molecule has 8 aromatic carbocycles. The number of aromatic nitrogens is 2. The Morgan fingerprint density at radius 1 is 0.326 bits per heavy atom. The molecular formula is C44H30N2. The van der Waals surface area contributed by atoms with Gasteiger partial charge < -0.3 is 9.13 Å². The van der Waals surface area contributed by atoms with Gasteiger partial charge in [0.25, 0.3) is 0 Å². The summed E-state index contributed by atoms with van der Waals surface area (Å²) in [5.41, 5.74) is 10.1. The van der Waals surface area contributed by atoms with Gasteiger partial charge in [0, 0.05) is 57.7 Å². The van der Waals surface area contributed by atoms with Crippen LogP contribution < -0.4 is 0 Å². The maximum atomic E-state index is 2.37. The van der Waals surface area contributed by atoms with Crippen molar-refractivity contribution in [3.05, 3.63) is 146 Å². The molecule has 10 rings (SSSR count). The maximum absolute atomic E-state index is 2.37. The third kappa shape index (κ3) is 3.41. The van der Waals surface area contributed by atoms with E-state index in [1.54, 1.807) is 0 Å². The summed E-state index contributed by atoms with van der Waals surface area (Å²) < 4.78 is 4.73. The highest BCUT2D eigenvalue weighted by molar-refractivity contribution is 6.29. The van der Waals surface area contributed by atoms with Crippen molar-refractivity contribution in [1.29, 1.82) is 0 Å². The summed E-state index contributed by atoms with van der Waals surface area (Å²) in [6.07, 6.45) is 0. The van der Waals surface area contributed by atoms with Crippen molar-refractivity contribution in [3.63, 3.8) is 0 Å². The molecule has 0 fully saturated rings. The SMILES string of the molecule is Cn1c2cc(-c3cccc4ccccc34)ccc2c2c3ccc4c(c3ccc21)c1ccc(-c2cccc3ccccc23)cc1n4C. The fourth-order valence-corrected chi connectivity index (χ4v) is 8.10. The molecule has 216 valence electrons. The standard InChI is InChI=1S/C44H30N2/c1-45-39-23-21-36-35(43(39)37-19-17-29(25-41(37)45)33-15-7-11-27-9-3-5-13-31(27)33)22-24-40-44(36)38-20-18-30(26-42(38)46(40)2)34-16-8-12-28-10-4-6-14-32(28)34/h3-26H,1-2H3. The van der Waals surface area contributed by atoms with Gasteiger partial charge in [-0.05, 0) is 78.8 Å². The minimum Gasteiger partial charge on any atom is -0.344 e. The molecule has 10 aromatic rings. The van der Waals surface area contributed by atoms with E-state index in [1.807, 2.05) is 0 Å². The van der Waals surface area contributed by atoms with Crippen molar-refractivity contribution in [2.75, 3.05) is 0 Å². The highest BCUT2D eigenvalue weighted by Gasteiger charge is 2.18. The normalized spacial score (nSPS) is 12.1. The average molecular weight is 587 g/mol. The van der Waals surface area contributed by atoms with Crippen LogP contribution in [0.3, 0.4) is 0 Å². The van der Waals surface area contributed by atoms with E-state index in [0.717, 1.165) is 0 Å². The second-order valence-corrected chi connectivity index (χ2v) is 12.6. The van der Waals surface area contributed by atoms with Crippen molar-refractivity contribution in [2.45, 2.75) is 0 Å². The third-order valence-electron chi connectivity index (χ3n) is 10.3. The number of aryl methyl sites for hydroxylation is 2. The van der Waals surface area contributed by atoms with Crippen LogP contribution in [0.4, 0.5) is 0 Å². The molecule has 0 spiro atoms. The topological polar surface area (TPSA) is 9.86 Å². The predicted molar refractivity (Wildman–Crippen MR) is 198 cm³/mol. The van der Waals surface area contributed by atoms with Crippen LogP contribution in [0, 0.1) is 0 Å². The van der Waals surface area contributed by atoms with E-state index in [-0.39, 0.29) is 0 Å². The van der Waals surface area contributed by atoms with Crippen LogP contribution >= 0.6 is 0 Å². The summed E-state index contributed by atoms with van der Waals surface area (Å²) >= 11 is 0. The number of nitrogens with zero attached hydrogens (tertiary/aromatic N) is 2. The summed E-state index contributed by atoms with van der Waals surface area (Å²) in [4.78, 5) is 0. The number of hydrogen-bond acceptors (Lipinski definition) is 0. The van der Waals surface area contributed by atoms with Gasteiger partial charge in [0.15, 0.2) is 0 Å². The molecule has 0 bridgehead atoms. The molecule has 0 saturated heterocycles. The molecule has 2 heteroatoms. The molecular weight excluding hydrogens is 556 g/mol. The van der Waals surface area contributed by atoms with Gasteiger partial charge in [0.1, 0.15) is 0 Å². The predicted octanol–water partition coefficient (Wildman–Crippen LogP) is 11.8. The van der Waals surface area contributed by atoms with Crippen LogP contribution in [-0.4, -0.2) is 9.13 Å². The van der Waals surface area contributed by atoms with Crippen LogP contribution in [-0.2, 0) is 14.1 Å². The Labute approximate surface area is 266 Å². The molecule has 0 aliphatic carbocycles. The molecule has 0 atom stereocenters. The van der Waals surface area contributed by atoms with E-state index in [0.29, 0.717) is 0 Å². The minimum atomic E-state index is 1.25. The Bertz CT molecular complexity index is 2670. The quantitative estimate of drug-likeness (QED) is 0.191. The summed E-state index contributed by atoms with van der Waals surface area (Å²) in [6.45, 7) is 0. The molecule has 0 aliphatic rings. The first-order chi connectivity index (χ1) is 22.7. The van der Waals surface area contributed by atoms with E-state index in [2.05, 4.69) is 169 Å². The van der Waals surface area contributed by atoms with Gasteiger partial charge in [0.05, 0.1) is 0 Å². The summed E-state index contributed by atoms with van der Waals surface area (Å²) in [5, 5.41) is 13.0. The zero-order valence-corrected chi connectivity index (χ0v) is 25.8. The number of fused-ring (bicyclic) bond motifs is 11. The first-order valence-electron chi connectivity index (χ1n) is 16.0. The maximum Gasteiger partial charge on any atom is 0.0495 e. The summed E-state index contributed by atoms with van der Waals surface area (Å²) in [6, 6.07) is 53.8. The Morgan fingerprint density at radius 3 is 1.22 bits per heavy atom. The zero-order valence-electron chi connectivity index (χ0n) is 25.8. The Morgan fingerprint density at radius 2 is 0.739 bits per heavy atom. The van der Waals surface area contributed by atoms with E-state index in [9.17, 15) is 0 Å². The number of rotatable bonds is 2. The lowest BCUT2D eigenvalue weighted by Gasteiger charge is -2.08. The fraction of sp³-hybridized carbons (Fsp3) is 0.0455. The Balaban J connectivity index is 1.21. The van der Waals surface area contributed by atoms with E-state index in [4.69, 9.17) is 0 Å². The number of hydrogen-bond donors (Lipinski definition) is 0. The van der Waals surface area contributed by atoms with E-state index in [1.165, 1.54) is 98.2 Å². The molecule has 0 unspecified atom stereocenters. The molecule has 0 saturated carbocycles. The van der Waals surface area contributed by atoms with Gasteiger partial charge in [-0.25, -0.2) is 0 Å². The molecule has 2 nitrogen and oxygen atoms in total. The van der Waals surface area contributed by atoms with Crippen molar-refractivity contribution in [2.24, 2.45) is 14.1 Å². The zero-order chi connectivity index (χ0) is 30.5.